The zero-order valence-corrected chi connectivity index (χ0v) is 18.3. The molecular formula is C22H24ClF2O2P. The lowest BCUT2D eigenvalue weighted by Gasteiger charge is -2.19. The van der Waals surface area contributed by atoms with Crippen LogP contribution in [0.15, 0.2) is 48.7 Å². The van der Waals surface area contributed by atoms with E-state index in [0.29, 0.717) is 38.3 Å². The second-order valence-corrected chi connectivity index (χ2v) is 10.7. The van der Waals surface area contributed by atoms with Crippen LogP contribution in [0.2, 0.25) is 5.02 Å². The van der Waals surface area contributed by atoms with E-state index in [1.54, 1.807) is 52.3 Å². The first-order chi connectivity index (χ1) is 12.9. The first kappa shape index (κ1) is 22.4. The van der Waals surface area contributed by atoms with E-state index in [4.69, 9.17) is 16.3 Å². The molecule has 0 amide bonds. The lowest BCUT2D eigenvalue weighted by Crippen LogP contribution is -2.05. The molecule has 0 bridgehead atoms. The molecule has 2 aromatic carbocycles. The van der Waals surface area contributed by atoms with Crippen LogP contribution in [0.1, 0.15) is 36.6 Å². The molecule has 0 radical (unpaired) electrons. The molecule has 0 saturated heterocycles. The zero-order valence-electron chi connectivity index (χ0n) is 16.6. The second-order valence-electron chi connectivity index (χ2n) is 7.12. The van der Waals surface area contributed by atoms with E-state index >= 15 is 0 Å². The smallest absolute Gasteiger partial charge is 0.131 e. The normalized spacial score (nSPS) is 13.4. The largest absolute Gasteiger partial charge is 0.491 e. The fourth-order valence-corrected chi connectivity index (χ4v) is 4.18. The molecule has 6 heteroatoms. The van der Waals surface area contributed by atoms with Crippen molar-refractivity contribution in [2.75, 3.05) is 13.3 Å². The molecule has 0 heterocycles. The summed E-state index contributed by atoms with van der Waals surface area (Å²) in [7, 11) is -2.54. The molecule has 0 unspecified atom stereocenters. The molecule has 0 saturated carbocycles. The van der Waals surface area contributed by atoms with Gasteiger partial charge < -0.3 is 9.30 Å². The summed E-state index contributed by atoms with van der Waals surface area (Å²) >= 11 is 6.20. The standard InChI is InChI=1S/C22H24ClF2O2P/c1-13(18-8-7-17(12-21(18)25)28(5,6)26)11-14(2)27-16(4)22-15(3)20(24)10-9-19(22)23/h7-12,16H,1H2,2-6H3/b14-11+/t16-/m1/s1. The minimum Gasteiger partial charge on any atom is -0.491 e. The third-order valence-electron chi connectivity index (χ3n) is 4.46. The average molecular weight is 425 g/mol. The monoisotopic (exact) mass is 424 g/mol. The molecular weight excluding hydrogens is 401 g/mol. The Morgan fingerprint density at radius 1 is 1.21 bits per heavy atom. The lowest BCUT2D eigenvalue weighted by atomic mass is 10.0. The summed E-state index contributed by atoms with van der Waals surface area (Å²) in [6.45, 7) is 12.2. The summed E-state index contributed by atoms with van der Waals surface area (Å²) < 4.78 is 46.2. The van der Waals surface area contributed by atoms with Crippen molar-refractivity contribution in [3.63, 3.8) is 0 Å². The van der Waals surface area contributed by atoms with Gasteiger partial charge in [-0.15, -0.1) is 0 Å². The molecule has 28 heavy (non-hydrogen) atoms. The Labute approximate surface area is 170 Å². The van der Waals surface area contributed by atoms with Crippen molar-refractivity contribution < 1.29 is 18.1 Å². The van der Waals surface area contributed by atoms with E-state index < -0.39 is 19.1 Å². The molecule has 2 rings (SSSR count). The topological polar surface area (TPSA) is 26.3 Å². The Morgan fingerprint density at radius 2 is 1.86 bits per heavy atom. The Morgan fingerprint density at radius 3 is 2.43 bits per heavy atom. The zero-order chi connectivity index (χ0) is 21.2. The Hall–Kier alpha value is -1.90. The van der Waals surface area contributed by atoms with Crippen molar-refractivity contribution in [2.45, 2.75) is 26.9 Å². The van der Waals surface area contributed by atoms with Gasteiger partial charge in [0.2, 0.25) is 0 Å². The van der Waals surface area contributed by atoms with Gasteiger partial charge in [0.15, 0.2) is 0 Å². The van der Waals surface area contributed by atoms with E-state index in [1.165, 1.54) is 18.2 Å². The molecule has 0 N–H and O–H groups in total. The van der Waals surface area contributed by atoms with Crippen molar-refractivity contribution in [3.05, 3.63) is 82.1 Å². The van der Waals surface area contributed by atoms with Gasteiger partial charge in [-0.05, 0) is 69.5 Å². The van der Waals surface area contributed by atoms with Gasteiger partial charge in [-0.1, -0.05) is 30.3 Å². The number of halogens is 3. The molecule has 0 aliphatic carbocycles. The summed E-state index contributed by atoms with van der Waals surface area (Å²) in [5.41, 5.74) is 1.71. The van der Waals surface area contributed by atoms with Crippen LogP contribution in [-0.2, 0) is 9.30 Å². The highest BCUT2D eigenvalue weighted by atomic mass is 35.5. The molecule has 0 spiro atoms. The molecule has 0 aromatic heterocycles. The van der Waals surface area contributed by atoms with E-state index in [9.17, 15) is 13.3 Å². The van der Waals surface area contributed by atoms with Gasteiger partial charge in [0.1, 0.15) is 24.9 Å². The summed E-state index contributed by atoms with van der Waals surface area (Å²) in [5, 5.41) is 0.895. The Bertz CT molecular complexity index is 992. The number of benzene rings is 2. The molecule has 0 aliphatic rings. The maximum absolute atomic E-state index is 14.4. The van der Waals surface area contributed by atoms with Gasteiger partial charge in [0.05, 0.1) is 5.76 Å². The van der Waals surface area contributed by atoms with Gasteiger partial charge >= 0.3 is 0 Å². The van der Waals surface area contributed by atoms with E-state index in [0.717, 1.165) is 0 Å². The van der Waals surface area contributed by atoms with Gasteiger partial charge in [-0.3, -0.25) is 0 Å². The first-order valence-corrected chi connectivity index (χ1v) is 11.7. The summed E-state index contributed by atoms with van der Waals surface area (Å²) in [6, 6.07) is 7.30. The molecule has 2 nitrogen and oxygen atoms in total. The number of rotatable bonds is 6. The number of ether oxygens (including phenoxy) is 1. The average Bonchev–Trinajstić information content (AvgIpc) is 2.57. The predicted octanol–water partition coefficient (Wildman–Crippen LogP) is 6.87. The van der Waals surface area contributed by atoms with E-state index in [2.05, 4.69) is 6.58 Å². The fraction of sp³-hybridized carbons (Fsp3) is 0.273. The third-order valence-corrected chi connectivity index (χ3v) is 6.31. The van der Waals surface area contributed by atoms with Crippen LogP contribution < -0.4 is 5.30 Å². The maximum atomic E-state index is 14.4. The SMILES string of the molecule is C=C(/C=C(\C)O[C@H](C)c1c(Cl)ccc(F)c1C)c1ccc(P(C)(C)=O)cc1F. The van der Waals surface area contributed by atoms with Crippen LogP contribution in [-0.4, -0.2) is 13.3 Å². The number of allylic oxidation sites excluding steroid dienone is 3. The lowest BCUT2D eigenvalue weighted by molar-refractivity contribution is 0.134. The minimum absolute atomic E-state index is 0.299. The van der Waals surface area contributed by atoms with Crippen molar-refractivity contribution in [2.24, 2.45) is 0 Å². The van der Waals surface area contributed by atoms with E-state index in [-0.39, 0.29) is 5.82 Å². The summed E-state index contributed by atoms with van der Waals surface area (Å²) in [4.78, 5) is 0. The molecule has 0 fully saturated rings. The highest BCUT2D eigenvalue weighted by molar-refractivity contribution is 7.70. The highest BCUT2D eigenvalue weighted by Crippen LogP contribution is 2.36. The quantitative estimate of drug-likeness (QED) is 0.287. The van der Waals surface area contributed by atoms with Crippen LogP contribution in [0.25, 0.3) is 5.57 Å². The Balaban J connectivity index is 2.23. The predicted molar refractivity (Wildman–Crippen MR) is 114 cm³/mol. The van der Waals surface area contributed by atoms with Crippen molar-refractivity contribution in [1.29, 1.82) is 0 Å². The maximum Gasteiger partial charge on any atom is 0.131 e. The van der Waals surface area contributed by atoms with Crippen molar-refractivity contribution >= 4 is 29.6 Å². The van der Waals surface area contributed by atoms with Gasteiger partial charge in [0.25, 0.3) is 0 Å². The minimum atomic E-state index is -2.54. The highest BCUT2D eigenvalue weighted by Gasteiger charge is 2.18. The van der Waals surface area contributed by atoms with Crippen LogP contribution in [0.5, 0.6) is 0 Å². The van der Waals surface area contributed by atoms with Crippen molar-refractivity contribution in [3.8, 4) is 0 Å². The van der Waals surface area contributed by atoms with Gasteiger partial charge in [0, 0.05) is 21.5 Å². The van der Waals surface area contributed by atoms with Gasteiger partial charge in [-0.25, -0.2) is 8.78 Å². The Kier molecular flexibility index (Phi) is 6.90. The second kappa shape index (κ2) is 8.63. The van der Waals surface area contributed by atoms with Crippen LogP contribution in [0, 0.1) is 18.6 Å². The summed E-state index contributed by atoms with van der Waals surface area (Å²) in [6.07, 6.45) is 1.11. The van der Waals surface area contributed by atoms with Crippen LogP contribution in [0.3, 0.4) is 0 Å². The molecule has 150 valence electrons. The fourth-order valence-electron chi connectivity index (χ4n) is 2.96. The third kappa shape index (κ3) is 5.12. The molecule has 0 aliphatic heterocycles. The molecule has 2 aromatic rings. The number of hydrogen-bond donors (Lipinski definition) is 0. The molecule has 1 atom stereocenters. The van der Waals surface area contributed by atoms with E-state index in [1.807, 2.05) is 0 Å². The first-order valence-electron chi connectivity index (χ1n) is 8.75. The number of hydrogen-bond acceptors (Lipinski definition) is 2. The van der Waals surface area contributed by atoms with Crippen LogP contribution in [0.4, 0.5) is 8.78 Å². The van der Waals surface area contributed by atoms with Crippen molar-refractivity contribution in [1.82, 2.24) is 0 Å². The van der Waals surface area contributed by atoms with Crippen LogP contribution >= 0.6 is 18.7 Å². The summed E-state index contributed by atoms with van der Waals surface area (Å²) in [5.74, 6) is -0.364. The van der Waals surface area contributed by atoms with Gasteiger partial charge in [-0.2, -0.15) is 0 Å².